The predicted octanol–water partition coefficient (Wildman–Crippen LogP) is 1.33. The van der Waals surface area contributed by atoms with Crippen LogP contribution in [0, 0.1) is 0 Å². The topological polar surface area (TPSA) is 43.0 Å². The molecule has 0 amide bonds. The molecule has 3 rings (SSSR count). The summed E-state index contributed by atoms with van der Waals surface area (Å²) in [5, 5.41) is 4.55. The molecule has 1 aromatic carbocycles. The van der Waals surface area contributed by atoms with E-state index in [-0.39, 0.29) is 0 Å². The predicted molar refractivity (Wildman–Crippen MR) is 58.1 cm³/mol. The number of rotatable bonds is 0. The molecule has 0 saturated carbocycles. The first-order chi connectivity index (χ1) is 6.86. The number of nitrogen functional groups attached to an aromatic ring is 1. The Morgan fingerprint density at radius 2 is 2.29 bits per heavy atom. The lowest BCUT2D eigenvalue weighted by Gasteiger charge is -2.16. The summed E-state index contributed by atoms with van der Waals surface area (Å²) in [7, 11) is 0. The van der Waals surface area contributed by atoms with Crippen LogP contribution in [0.4, 0.5) is 5.69 Å². The molecule has 0 radical (unpaired) electrons. The molecule has 0 bridgehead atoms. The van der Waals surface area contributed by atoms with E-state index in [4.69, 9.17) is 5.73 Å². The van der Waals surface area contributed by atoms with Crippen molar-refractivity contribution in [1.82, 2.24) is 9.88 Å². The van der Waals surface area contributed by atoms with Crippen molar-refractivity contribution in [3.05, 3.63) is 30.0 Å². The van der Waals surface area contributed by atoms with Crippen molar-refractivity contribution in [3.8, 4) is 0 Å². The molecule has 3 N–H and O–H groups in total. The summed E-state index contributed by atoms with van der Waals surface area (Å²) < 4.78 is 2.35. The Hall–Kier alpha value is -1.48. The normalized spacial score (nSPS) is 15.7. The van der Waals surface area contributed by atoms with Crippen molar-refractivity contribution in [2.24, 2.45) is 0 Å². The Bertz CT molecular complexity index is 484. The smallest absolute Gasteiger partial charge is 0.0504 e. The molecular weight excluding hydrogens is 174 g/mol. The van der Waals surface area contributed by atoms with E-state index in [0.717, 1.165) is 25.3 Å². The van der Waals surface area contributed by atoms with Gasteiger partial charge in [-0.15, -0.1) is 0 Å². The molecule has 14 heavy (non-hydrogen) atoms. The van der Waals surface area contributed by atoms with E-state index in [9.17, 15) is 0 Å². The van der Waals surface area contributed by atoms with Crippen LogP contribution >= 0.6 is 0 Å². The highest BCUT2D eigenvalue weighted by atomic mass is 15.1. The summed E-state index contributed by atoms with van der Waals surface area (Å²) >= 11 is 0. The maximum absolute atomic E-state index is 5.93. The van der Waals surface area contributed by atoms with Gasteiger partial charge in [0.2, 0.25) is 0 Å². The Balaban J connectivity index is 2.36. The summed E-state index contributed by atoms with van der Waals surface area (Å²) in [5.41, 5.74) is 9.42. The molecule has 0 spiro atoms. The molecule has 0 fully saturated rings. The van der Waals surface area contributed by atoms with E-state index in [1.807, 2.05) is 12.1 Å². The highest BCUT2D eigenvalue weighted by Gasteiger charge is 2.12. The average Bonchev–Trinajstić information content (AvgIpc) is 2.59. The SMILES string of the molecule is Nc1cccc2c1cc1n2CCNC1. The summed E-state index contributed by atoms with van der Waals surface area (Å²) in [6.07, 6.45) is 0. The summed E-state index contributed by atoms with van der Waals surface area (Å²) in [6, 6.07) is 8.31. The minimum absolute atomic E-state index is 0.879. The lowest BCUT2D eigenvalue weighted by molar-refractivity contribution is 0.527. The van der Waals surface area contributed by atoms with Crippen molar-refractivity contribution >= 4 is 16.6 Å². The molecular formula is C11H13N3. The molecule has 0 saturated heterocycles. The second kappa shape index (κ2) is 2.75. The van der Waals surface area contributed by atoms with E-state index < -0.39 is 0 Å². The largest absolute Gasteiger partial charge is 0.398 e. The summed E-state index contributed by atoms with van der Waals surface area (Å²) in [4.78, 5) is 0. The molecule has 3 nitrogen and oxygen atoms in total. The minimum atomic E-state index is 0.879. The van der Waals surface area contributed by atoms with Crippen molar-refractivity contribution in [2.45, 2.75) is 13.1 Å². The molecule has 1 aliphatic heterocycles. The van der Waals surface area contributed by atoms with Gasteiger partial charge in [-0.05, 0) is 18.2 Å². The molecule has 0 unspecified atom stereocenters. The quantitative estimate of drug-likeness (QED) is 0.611. The van der Waals surface area contributed by atoms with Gasteiger partial charge in [-0.3, -0.25) is 0 Å². The van der Waals surface area contributed by atoms with Crippen LogP contribution in [0.25, 0.3) is 10.9 Å². The second-order valence-corrected chi connectivity index (χ2v) is 3.74. The molecule has 3 heteroatoms. The molecule has 2 aromatic rings. The molecule has 1 aromatic heterocycles. The highest BCUT2D eigenvalue weighted by molar-refractivity contribution is 5.92. The van der Waals surface area contributed by atoms with Crippen molar-refractivity contribution in [2.75, 3.05) is 12.3 Å². The molecule has 1 aliphatic rings. The molecule has 72 valence electrons. The molecule has 0 aliphatic carbocycles. The number of anilines is 1. The highest BCUT2D eigenvalue weighted by Crippen LogP contribution is 2.25. The first-order valence-corrected chi connectivity index (χ1v) is 4.93. The maximum Gasteiger partial charge on any atom is 0.0504 e. The summed E-state index contributed by atoms with van der Waals surface area (Å²) in [5.74, 6) is 0. The molecule has 2 heterocycles. The van der Waals surface area contributed by atoms with Gasteiger partial charge in [-0.2, -0.15) is 0 Å². The van der Waals surface area contributed by atoms with Gasteiger partial charge >= 0.3 is 0 Å². The third kappa shape index (κ3) is 0.960. The number of nitrogens with two attached hydrogens (primary N) is 1. The van der Waals surface area contributed by atoms with E-state index in [1.54, 1.807) is 0 Å². The number of benzene rings is 1. The molecule has 0 atom stereocenters. The van der Waals surface area contributed by atoms with Gasteiger partial charge in [0.1, 0.15) is 0 Å². The van der Waals surface area contributed by atoms with Crippen LogP contribution in [-0.2, 0) is 13.1 Å². The van der Waals surface area contributed by atoms with E-state index in [2.05, 4.69) is 22.0 Å². The Kier molecular flexibility index (Phi) is 1.55. The zero-order chi connectivity index (χ0) is 9.54. The van der Waals surface area contributed by atoms with Gasteiger partial charge in [0.15, 0.2) is 0 Å². The number of fused-ring (bicyclic) bond motifs is 3. The van der Waals surface area contributed by atoms with Gasteiger partial charge in [-0.1, -0.05) is 6.07 Å². The lowest BCUT2D eigenvalue weighted by atomic mass is 10.2. The maximum atomic E-state index is 5.93. The second-order valence-electron chi connectivity index (χ2n) is 3.74. The van der Waals surface area contributed by atoms with Crippen LogP contribution in [0.5, 0.6) is 0 Å². The number of hydrogen-bond acceptors (Lipinski definition) is 2. The Labute approximate surface area is 82.5 Å². The fraction of sp³-hybridized carbons (Fsp3) is 0.273. The van der Waals surface area contributed by atoms with Crippen LogP contribution < -0.4 is 11.1 Å². The third-order valence-electron chi connectivity index (χ3n) is 2.88. The van der Waals surface area contributed by atoms with E-state index >= 15 is 0 Å². The van der Waals surface area contributed by atoms with Crippen LogP contribution in [0.2, 0.25) is 0 Å². The number of hydrogen-bond donors (Lipinski definition) is 2. The number of nitrogens with one attached hydrogen (secondary N) is 1. The first-order valence-electron chi connectivity index (χ1n) is 4.93. The summed E-state index contributed by atoms with van der Waals surface area (Å²) in [6.45, 7) is 3.04. The fourth-order valence-corrected chi connectivity index (χ4v) is 2.18. The Morgan fingerprint density at radius 1 is 1.36 bits per heavy atom. The van der Waals surface area contributed by atoms with Crippen molar-refractivity contribution in [3.63, 3.8) is 0 Å². The minimum Gasteiger partial charge on any atom is -0.398 e. The van der Waals surface area contributed by atoms with E-state index in [0.29, 0.717) is 0 Å². The van der Waals surface area contributed by atoms with Gasteiger partial charge in [0.25, 0.3) is 0 Å². The monoisotopic (exact) mass is 187 g/mol. The first kappa shape index (κ1) is 7.88. The van der Waals surface area contributed by atoms with Crippen LogP contribution in [-0.4, -0.2) is 11.1 Å². The third-order valence-corrected chi connectivity index (χ3v) is 2.88. The van der Waals surface area contributed by atoms with Crippen LogP contribution in [0.15, 0.2) is 24.3 Å². The van der Waals surface area contributed by atoms with Crippen LogP contribution in [0.3, 0.4) is 0 Å². The van der Waals surface area contributed by atoms with E-state index in [1.165, 1.54) is 16.6 Å². The zero-order valence-electron chi connectivity index (χ0n) is 7.96. The number of nitrogens with zero attached hydrogens (tertiary/aromatic N) is 1. The fourth-order valence-electron chi connectivity index (χ4n) is 2.18. The van der Waals surface area contributed by atoms with Crippen molar-refractivity contribution in [1.29, 1.82) is 0 Å². The van der Waals surface area contributed by atoms with Gasteiger partial charge in [0, 0.05) is 36.4 Å². The number of aromatic nitrogens is 1. The average molecular weight is 187 g/mol. The Morgan fingerprint density at radius 3 is 3.21 bits per heavy atom. The lowest BCUT2D eigenvalue weighted by Crippen LogP contribution is -2.27. The van der Waals surface area contributed by atoms with Gasteiger partial charge < -0.3 is 15.6 Å². The standard InChI is InChI=1S/C11H13N3/c12-10-2-1-3-11-9(10)6-8-7-13-4-5-14(8)11/h1-3,6,13H,4-5,7,12H2. The van der Waals surface area contributed by atoms with Crippen LogP contribution in [0.1, 0.15) is 5.69 Å². The van der Waals surface area contributed by atoms with Gasteiger partial charge in [0.05, 0.1) is 5.52 Å². The van der Waals surface area contributed by atoms with Gasteiger partial charge in [-0.25, -0.2) is 0 Å². The van der Waals surface area contributed by atoms with Crippen molar-refractivity contribution < 1.29 is 0 Å². The zero-order valence-corrected chi connectivity index (χ0v) is 7.96.